The monoisotopic (exact) mass is 438 g/mol. The van der Waals surface area contributed by atoms with Gasteiger partial charge in [-0.1, -0.05) is 41.6 Å². The van der Waals surface area contributed by atoms with E-state index in [2.05, 4.69) is 20.0 Å². The molecule has 166 valence electrons. The molecule has 6 nitrogen and oxygen atoms in total. The second-order valence-corrected chi connectivity index (χ2v) is 6.95. The van der Waals surface area contributed by atoms with Crippen LogP contribution in [0.3, 0.4) is 0 Å². The van der Waals surface area contributed by atoms with Crippen LogP contribution >= 0.6 is 0 Å². The van der Waals surface area contributed by atoms with Crippen molar-refractivity contribution in [3.05, 3.63) is 71.4 Å². The van der Waals surface area contributed by atoms with Crippen molar-refractivity contribution in [2.24, 2.45) is 0 Å². The summed E-state index contributed by atoms with van der Waals surface area (Å²) in [5.74, 6) is -3.47. The van der Waals surface area contributed by atoms with Crippen LogP contribution < -0.4 is 5.32 Å². The van der Waals surface area contributed by atoms with Crippen LogP contribution in [0.4, 0.5) is 17.6 Å². The van der Waals surface area contributed by atoms with E-state index in [1.54, 1.807) is 0 Å². The van der Waals surface area contributed by atoms with E-state index in [-0.39, 0.29) is 11.1 Å². The predicted octanol–water partition coefficient (Wildman–Crippen LogP) is 4.04. The van der Waals surface area contributed by atoms with E-state index < -0.39 is 29.6 Å². The third-order valence-electron chi connectivity index (χ3n) is 3.68. The summed E-state index contributed by atoms with van der Waals surface area (Å²) in [7, 11) is 6.00. The van der Waals surface area contributed by atoms with Gasteiger partial charge in [-0.15, -0.1) is 0 Å². The number of benzene rings is 2. The van der Waals surface area contributed by atoms with Crippen LogP contribution in [0, 0.1) is 5.82 Å². The van der Waals surface area contributed by atoms with Crippen molar-refractivity contribution < 1.29 is 26.9 Å². The molecule has 1 amide bonds. The lowest BCUT2D eigenvalue weighted by atomic mass is 10.1. The van der Waals surface area contributed by atoms with Crippen LogP contribution in [0.5, 0.6) is 0 Å². The number of amides is 1. The van der Waals surface area contributed by atoms with Crippen LogP contribution in [0.25, 0.3) is 11.4 Å². The minimum absolute atomic E-state index is 0.0346. The highest BCUT2D eigenvalue weighted by Gasteiger charge is 2.38. The van der Waals surface area contributed by atoms with E-state index in [0.29, 0.717) is 13.0 Å². The lowest BCUT2D eigenvalue weighted by Crippen LogP contribution is -2.26. The van der Waals surface area contributed by atoms with E-state index in [1.165, 1.54) is 6.07 Å². The van der Waals surface area contributed by atoms with Gasteiger partial charge in [-0.25, -0.2) is 4.39 Å². The molecular weight excluding hydrogens is 416 g/mol. The van der Waals surface area contributed by atoms with Crippen molar-refractivity contribution in [3.63, 3.8) is 0 Å². The second-order valence-electron chi connectivity index (χ2n) is 6.95. The summed E-state index contributed by atoms with van der Waals surface area (Å²) >= 11 is 0. The van der Waals surface area contributed by atoms with Gasteiger partial charge in [-0.05, 0) is 45.3 Å². The molecule has 3 aromatic rings. The van der Waals surface area contributed by atoms with Gasteiger partial charge >= 0.3 is 12.1 Å². The van der Waals surface area contributed by atoms with E-state index in [9.17, 15) is 22.4 Å². The Labute approximate surface area is 176 Å². The van der Waals surface area contributed by atoms with Crippen LogP contribution in [-0.4, -0.2) is 48.6 Å². The summed E-state index contributed by atoms with van der Waals surface area (Å²) in [6.45, 7) is 0.309. The maximum Gasteiger partial charge on any atom is 0.471 e. The van der Waals surface area contributed by atoms with E-state index in [1.807, 2.05) is 56.4 Å². The number of alkyl halides is 3. The highest BCUT2D eigenvalue weighted by molar-refractivity contribution is 5.94. The van der Waals surface area contributed by atoms with Gasteiger partial charge in [0.1, 0.15) is 5.82 Å². The van der Waals surface area contributed by atoms with Gasteiger partial charge < -0.3 is 14.7 Å². The van der Waals surface area contributed by atoms with E-state index >= 15 is 0 Å². The van der Waals surface area contributed by atoms with Gasteiger partial charge in [0.15, 0.2) is 0 Å². The molecule has 2 aromatic carbocycles. The van der Waals surface area contributed by atoms with Gasteiger partial charge in [-0.3, -0.25) is 4.79 Å². The fourth-order valence-corrected chi connectivity index (χ4v) is 2.35. The topological polar surface area (TPSA) is 71.3 Å². The van der Waals surface area contributed by atoms with Crippen LogP contribution in [0.2, 0.25) is 0 Å². The van der Waals surface area contributed by atoms with Crippen LogP contribution in [0.1, 0.15) is 21.8 Å². The number of aromatic nitrogens is 2. The molecule has 0 spiro atoms. The van der Waals surface area contributed by atoms with E-state index in [4.69, 9.17) is 0 Å². The SMILES string of the molecule is CN(C)C.O=C(NCCc1ccccc1)c1ccc(-c2noc(C(F)(F)F)n2)cc1F. The first-order chi connectivity index (χ1) is 14.6. The number of hydrogen-bond donors (Lipinski definition) is 1. The molecule has 0 radical (unpaired) electrons. The molecule has 0 fully saturated rings. The van der Waals surface area contributed by atoms with Crippen molar-refractivity contribution in [2.45, 2.75) is 12.6 Å². The molecule has 0 saturated carbocycles. The first kappa shape index (κ1) is 24.0. The fraction of sp³-hybridized carbons (Fsp3) is 0.286. The number of hydrogen-bond acceptors (Lipinski definition) is 5. The molecule has 0 bridgehead atoms. The van der Waals surface area contributed by atoms with Gasteiger partial charge in [0.05, 0.1) is 5.56 Å². The number of nitrogens with one attached hydrogen (secondary N) is 1. The first-order valence-electron chi connectivity index (χ1n) is 9.22. The Morgan fingerprint density at radius 1 is 1.10 bits per heavy atom. The standard InChI is InChI=1S/C18H13F4N3O2.C3H9N/c19-14-10-12(15-24-17(27-25-15)18(20,21)22)6-7-13(14)16(26)23-9-8-11-4-2-1-3-5-11;1-4(2)3/h1-7,10H,8-9H2,(H,23,26);1-3H3. The molecule has 1 heterocycles. The molecule has 1 N–H and O–H groups in total. The summed E-state index contributed by atoms with van der Waals surface area (Å²) in [6.07, 6.45) is -4.21. The number of carbonyl (C=O) groups excluding carboxylic acids is 1. The van der Waals surface area contributed by atoms with Gasteiger partial charge in [0.25, 0.3) is 5.91 Å². The lowest BCUT2D eigenvalue weighted by molar-refractivity contribution is -0.159. The van der Waals surface area contributed by atoms with E-state index in [0.717, 1.165) is 17.7 Å². The number of halogens is 4. The largest absolute Gasteiger partial charge is 0.471 e. The molecule has 0 aliphatic carbocycles. The Bertz CT molecular complexity index is 986. The zero-order valence-corrected chi connectivity index (χ0v) is 17.2. The zero-order valence-electron chi connectivity index (χ0n) is 17.2. The maximum absolute atomic E-state index is 14.2. The summed E-state index contributed by atoms with van der Waals surface area (Å²) < 4.78 is 55.8. The summed E-state index contributed by atoms with van der Waals surface area (Å²) in [4.78, 5) is 17.3. The maximum atomic E-state index is 14.2. The highest BCUT2D eigenvalue weighted by atomic mass is 19.4. The quantitative estimate of drug-likeness (QED) is 0.609. The molecule has 0 aliphatic rings. The molecule has 1 aromatic heterocycles. The normalized spacial score (nSPS) is 11.1. The minimum atomic E-state index is -4.79. The molecular formula is C21H22F4N4O2. The van der Waals surface area contributed by atoms with Crippen molar-refractivity contribution in [2.75, 3.05) is 27.7 Å². The molecule has 3 rings (SSSR count). The minimum Gasteiger partial charge on any atom is -0.352 e. The Morgan fingerprint density at radius 2 is 1.74 bits per heavy atom. The highest BCUT2D eigenvalue weighted by Crippen LogP contribution is 2.29. The lowest BCUT2D eigenvalue weighted by Gasteiger charge is -2.07. The molecule has 0 aliphatic heterocycles. The fourth-order valence-electron chi connectivity index (χ4n) is 2.35. The Hall–Kier alpha value is -3.27. The summed E-state index contributed by atoms with van der Waals surface area (Å²) in [5, 5.41) is 5.77. The zero-order chi connectivity index (χ0) is 23.0. The third kappa shape index (κ3) is 7.49. The van der Waals surface area contributed by atoms with Gasteiger partial charge in [0, 0.05) is 12.1 Å². The second kappa shape index (κ2) is 10.7. The van der Waals surface area contributed by atoms with Crippen LogP contribution in [0.15, 0.2) is 53.1 Å². The van der Waals surface area contributed by atoms with Gasteiger partial charge in [0.2, 0.25) is 5.82 Å². The molecule has 31 heavy (non-hydrogen) atoms. The Kier molecular flexibility index (Phi) is 8.26. The third-order valence-corrected chi connectivity index (χ3v) is 3.68. The van der Waals surface area contributed by atoms with Crippen molar-refractivity contribution in [3.8, 4) is 11.4 Å². The average molecular weight is 438 g/mol. The molecule has 0 atom stereocenters. The number of carbonyl (C=O) groups is 1. The average Bonchev–Trinajstić information content (AvgIpc) is 3.19. The first-order valence-corrected chi connectivity index (χ1v) is 9.22. The van der Waals surface area contributed by atoms with Crippen molar-refractivity contribution >= 4 is 5.91 Å². The summed E-state index contributed by atoms with van der Waals surface area (Å²) in [5.41, 5.74) is 0.755. The number of nitrogens with zero attached hydrogens (tertiary/aromatic N) is 3. The number of rotatable bonds is 5. The molecule has 0 saturated heterocycles. The van der Waals surface area contributed by atoms with Crippen molar-refractivity contribution in [1.82, 2.24) is 20.4 Å². The smallest absolute Gasteiger partial charge is 0.352 e. The predicted molar refractivity (Wildman–Crippen MR) is 107 cm³/mol. The van der Waals surface area contributed by atoms with Crippen LogP contribution in [-0.2, 0) is 12.6 Å². The van der Waals surface area contributed by atoms with Gasteiger partial charge in [-0.2, -0.15) is 18.2 Å². The summed E-state index contributed by atoms with van der Waals surface area (Å²) in [6, 6.07) is 12.7. The Morgan fingerprint density at radius 3 is 2.29 bits per heavy atom. The molecule has 10 heteroatoms. The van der Waals surface area contributed by atoms with Crippen molar-refractivity contribution in [1.29, 1.82) is 0 Å². The Balaban J connectivity index is 0.000000785. The molecule has 0 unspecified atom stereocenters.